The Kier molecular flexibility index (Phi) is 6.99. The summed E-state index contributed by atoms with van der Waals surface area (Å²) in [5, 5.41) is 5.13. The van der Waals surface area contributed by atoms with Crippen molar-refractivity contribution in [3.63, 3.8) is 0 Å². The summed E-state index contributed by atoms with van der Waals surface area (Å²) in [5.41, 5.74) is 3.43. The number of carbonyl (C=O) groups is 1. The average molecular weight is 467 g/mol. The lowest BCUT2D eigenvalue weighted by molar-refractivity contribution is -0.132. The molecule has 1 saturated heterocycles. The van der Waals surface area contributed by atoms with Gasteiger partial charge in [-0.1, -0.05) is 17.7 Å². The molecule has 1 fully saturated rings. The molecule has 3 aromatic rings. The number of nitrogens with zero attached hydrogens (tertiary/aromatic N) is 4. The minimum atomic E-state index is -0.300. The van der Waals surface area contributed by atoms with Gasteiger partial charge >= 0.3 is 0 Å². The van der Waals surface area contributed by atoms with Crippen LogP contribution in [0.4, 0.5) is 5.69 Å². The SMILES string of the molecule is CCOc1ccc(-c2ccc(=O)n(CC(=O)N3CCN(c4cc(Cl)ccc4C)CC3)n2)cc1. The Bertz CT molecular complexity index is 1190. The van der Waals surface area contributed by atoms with E-state index in [-0.39, 0.29) is 18.0 Å². The lowest BCUT2D eigenvalue weighted by Gasteiger charge is -2.37. The number of halogens is 1. The minimum Gasteiger partial charge on any atom is -0.494 e. The van der Waals surface area contributed by atoms with Crippen LogP contribution >= 0.6 is 11.6 Å². The van der Waals surface area contributed by atoms with Crippen LogP contribution in [-0.4, -0.2) is 53.4 Å². The summed E-state index contributed by atoms with van der Waals surface area (Å²) in [6, 6.07) is 16.5. The Morgan fingerprint density at radius 2 is 1.76 bits per heavy atom. The van der Waals surface area contributed by atoms with Gasteiger partial charge in [-0.05, 0) is 61.9 Å². The number of ether oxygens (including phenoxy) is 1. The summed E-state index contributed by atoms with van der Waals surface area (Å²) >= 11 is 6.16. The van der Waals surface area contributed by atoms with Crippen molar-refractivity contribution in [1.82, 2.24) is 14.7 Å². The number of hydrogen-bond acceptors (Lipinski definition) is 5. The molecule has 0 radical (unpaired) electrons. The zero-order valence-electron chi connectivity index (χ0n) is 18.8. The first-order chi connectivity index (χ1) is 15.9. The van der Waals surface area contributed by atoms with Gasteiger partial charge in [0.25, 0.3) is 5.56 Å². The molecule has 0 unspecified atom stereocenters. The van der Waals surface area contributed by atoms with Crippen LogP contribution in [0.15, 0.2) is 59.4 Å². The molecule has 1 aliphatic heterocycles. The van der Waals surface area contributed by atoms with Crippen LogP contribution in [0.2, 0.25) is 5.02 Å². The smallest absolute Gasteiger partial charge is 0.267 e. The molecule has 0 saturated carbocycles. The molecule has 2 aromatic carbocycles. The van der Waals surface area contributed by atoms with E-state index in [9.17, 15) is 9.59 Å². The molecule has 0 N–H and O–H groups in total. The predicted octanol–water partition coefficient (Wildman–Crippen LogP) is 3.62. The quantitative estimate of drug-likeness (QED) is 0.555. The van der Waals surface area contributed by atoms with E-state index in [1.165, 1.54) is 10.7 Å². The summed E-state index contributed by atoms with van der Waals surface area (Å²) in [7, 11) is 0. The fourth-order valence-electron chi connectivity index (χ4n) is 3.95. The normalized spacial score (nSPS) is 13.8. The van der Waals surface area contributed by atoms with Gasteiger partial charge in [0.2, 0.25) is 5.91 Å². The van der Waals surface area contributed by atoms with E-state index >= 15 is 0 Å². The zero-order chi connectivity index (χ0) is 23.4. The summed E-state index contributed by atoms with van der Waals surface area (Å²) in [6.45, 7) is 7.08. The molecule has 33 heavy (non-hydrogen) atoms. The molecule has 8 heteroatoms. The molecule has 0 spiro atoms. The van der Waals surface area contributed by atoms with E-state index < -0.39 is 0 Å². The second-order valence-corrected chi connectivity index (χ2v) is 8.41. The highest BCUT2D eigenvalue weighted by atomic mass is 35.5. The third-order valence-corrected chi connectivity index (χ3v) is 5.99. The Labute approximate surface area is 198 Å². The zero-order valence-corrected chi connectivity index (χ0v) is 19.6. The molecule has 1 aromatic heterocycles. The van der Waals surface area contributed by atoms with Gasteiger partial charge in [-0.2, -0.15) is 5.10 Å². The summed E-state index contributed by atoms with van der Waals surface area (Å²) in [6.07, 6.45) is 0. The molecule has 1 amide bonds. The first-order valence-corrected chi connectivity index (χ1v) is 11.4. The van der Waals surface area contributed by atoms with Crippen molar-refractivity contribution < 1.29 is 9.53 Å². The van der Waals surface area contributed by atoms with Crippen molar-refractivity contribution in [2.24, 2.45) is 0 Å². The van der Waals surface area contributed by atoms with Gasteiger partial charge in [0.05, 0.1) is 12.3 Å². The van der Waals surface area contributed by atoms with E-state index in [4.69, 9.17) is 16.3 Å². The second-order valence-electron chi connectivity index (χ2n) is 7.97. The van der Waals surface area contributed by atoms with Crippen LogP contribution in [-0.2, 0) is 11.3 Å². The molecular weight excluding hydrogens is 440 g/mol. The number of aromatic nitrogens is 2. The van der Waals surface area contributed by atoms with Crippen LogP contribution in [0.5, 0.6) is 5.75 Å². The number of carbonyl (C=O) groups excluding carboxylic acids is 1. The number of anilines is 1. The average Bonchev–Trinajstić information content (AvgIpc) is 2.83. The van der Waals surface area contributed by atoms with Gasteiger partial charge in [-0.15, -0.1) is 0 Å². The Hall–Kier alpha value is -3.32. The van der Waals surface area contributed by atoms with Gasteiger partial charge in [0.15, 0.2) is 0 Å². The standard InChI is InChI=1S/C25H27ClN4O3/c1-3-33-21-8-5-19(6-9-21)22-10-11-24(31)30(27-22)17-25(32)29-14-12-28(13-15-29)23-16-20(26)7-4-18(23)2/h4-11,16H,3,12-15,17H2,1-2H3. The van der Waals surface area contributed by atoms with Gasteiger partial charge in [0.1, 0.15) is 12.3 Å². The third-order valence-electron chi connectivity index (χ3n) is 5.76. The highest BCUT2D eigenvalue weighted by Crippen LogP contribution is 2.25. The minimum absolute atomic E-state index is 0.0834. The number of hydrogen-bond donors (Lipinski definition) is 0. The van der Waals surface area contributed by atoms with Crippen LogP contribution in [0.3, 0.4) is 0 Å². The van der Waals surface area contributed by atoms with Gasteiger partial charge in [-0.3, -0.25) is 9.59 Å². The number of amides is 1. The number of rotatable bonds is 6. The van der Waals surface area contributed by atoms with Crippen molar-refractivity contribution in [3.8, 4) is 17.0 Å². The van der Waals surface area contributed by atoms with Crippen LogP contribution in [0.1, 0.15) is 12.5 Å². The lowest BCUT2D eigenvalue weighted by Crippen LogP contribution is -2.50. The maximum absolute atomic E-state index is 12.9. The lowest BCUT2D eigenvalue weighted by atomic mass is 10.1. The van der Waals surface area contributed by atoms with E-state index in [0.29, 0.717) is 43.5 Å². The van der Waals surface area contributed by atoms with Gasteiger partial charge < -0.3 is 14.5 Å². The largest absolute Gasteiger partial charge is 0.494 e. The number of aryl methyl sites for hydroxylation is 1. The molecule has 4 rings (SSSR count). The maximum Gasteiger partial charge on any atom is 0.267 e. The molecule has 0 atom stereocenters. The van der Waals surface area contributed by atoms with Crippen LogP contribution < -0.4 is 15.2 Å². The monoisotopic (exact) mass is 466 g/mol. The van der Waals surface area contributed by atoms with Crippen molar-refractivity contribution >= 4 is 23.2 Å². The van der Waals surface area contributed by atoms with Crippen LogP contribution in [0.25, 0.3) is 11.3 Å². The summed E-state index contributed by atoms with van der Waals surface area (Å²) < 4.78 is 6.71. The van der Waals surface area contributed by atoms with Crippen molar-refractivity contribution in [2.45, 2.75) is 20.4 Å². The topological polar surface area (TPSA) is 67.7 Å². The van der Waals surface area contributed by atoms with E-state index in [1.807, 2.05) is 49.4 Å². The van der Waals surface area contributed by atoms with Gasteiger partial charge in [0, 0.05) is 48.5 Å². The predicted molar refractivity (Wildman–Crippen MR) is 130 cm³/mol. The van der Waals surface area contributed by atoms with Crippen molar-refractivity contribution in [1.29, 1.82) is 0 Å². The highest BCUT2D eigenvalue weighted by molar-refractivity contribution is 6.30. The Morgan fingerprint density at radius 3 is 2.45 bits per heavy atom. The van der Waals surface area contributed by atoms with E-state index in [1.54, 1.807) is 11.0 Å². The van der Waals surface area contributed by atoms with Crippen LogP contribution in [0, 0.1) is 6.92 Å². The number of piperazine rings is 1. The third kappa shape index (κ3) is 5.37. The first-order valence-electron chi connectivity index (χ1n) is 11.0. The fourth-order valence-corrected chi connectivity index (χ4v) is 4.12. The van der Waals surface area contributed by atoms with Crippen molar-refractivity contribution in [3.05, 3.63) is 75.5 Å². The summed E-state index contributed by atoms with van der Waals surface area (Å²) in [4.78, 5) is 29.3. The number of benzene rings is 2. The van der Waals surface area contributed by atoms with E-state index in [0.717, 1.165) is 22.6 Å². The maximum atomic E-state index is 12.9. The van der Waals surface area contributed by atoms with Crippen molar-refractivity contribution in [2.75, 3.05) is 37.7 Å². The highest BCUT2D eigenvalue weighted by Gasteiger charge is 2.23. The van der Waals surface area contributed by atoms with E-state index in [2.05, 4.69) is 16.9 Å². The molecule has 172 valence electrons. The Morgan fingerprint density at radius 1 is 1.03 bits per heavy atom. The first kappa shape index (κ1) is 22.9. The molecule has 1 aliphatic rings. The Balaban J connectivity index is 1.42. The molecule has 0 bridgehead atoms. The molecule has 2 heterocycles. The van der Waals surface area contributed by atoms with Gasteiger partial charge in [-0.25, -0.2) is 4.68 Å². The molecule has 7 nitrogen and oxygen atoms in total. The fraction of sp³-hybridized carbons (Fsp3) is 0.320. The summed E-state index contributed by atoms with van der Waals surface area (Å²) in [5.74, 6) is 0.660. The molecular formula is C25H27ClN4O3. The second kappa shape index (κ2) is 10.1. The molecule has 0 aliphatic carbocycles.